The van der Waals surface area contributed by atoms with E-state index in [0.29, 0.717) is 12.2 Å². The predicted octanol–water partition coefficient (Wildman–Crippen LogP) is 3.79. The number of para-hydroxylation sites is 1. The van der Waals surface area contributed by atoms with Crippen molar-refractivity contribution in [2.45, 2.75) is 12.3 Å². The van der Waals surface area contributed by atoms with Gasteiger partial charge in [-0.15, -0.1) is 0 Å². The number of allylic oxidation sites excluding steroid dienone is 1. The number of hydrogen-bond donors (Lipinski definition) is 0. The molecule has 1 unspecified atom stereocenters. The quantitative estimate of drug-likeness (QED) is 0.612. The van der Waals surface area contributed by atoms with Gasteiger partial charge in [-0.25, -0.2) is 0 Å². The standard InChI is InChI=1S/C17H14O2/c18-17-15(14-10-4-5-12-16(14)19-17)11-6-9-13-7-2-1-3-8-13/h1-10,12,15H,11H2. The van der Waals surface area contributed by atoms with Crippen molar-refractivity contribution in [3.8, 4) is 5.75 Å². The van der Waals surface area contributed by atoms with Crippen LogP contribution in [0.4, 0.5) is 0 Å². The predicted molar refractivity (Wildman–Crippen MR) is 74.9 cm³/mol. The first kappa shape index (κ1) is 11.7. The maximum atomic E-state index is 11.8. The Hall–Kier alpha value is -2.35. The molecule has 0 aromatic heterocycles. The second-order valence-corrected chi connectivity index (χ2v) is 4.56. The van der Waals surface area contributed by atoms with Gasteiger partial charge in [0.2, 0.25) is 0 Å². The molecule has 1 aliphatic rings. The Morgan fingerprint density at radius 1 is 1.00 bits per heavy atom. The third-order valence-electron chi connectivity index (χ3n) is 3.27. The third kappa shape index (κ3) is 2.43. The van der Waals surface area contributed by atoms with Crippen LogP contribution in [0.25, 0.3) is 6.08 Å². The van der Waals surface area contributed by atoms with Crippen molar-refractivity contribution in [2.75, 3.05) is 0 Å². The molecule has 0 saturated carbocycles. The van der Waals surface area contributed by atoms with Crippen LogP contribution in [0, 0.1) is 0 Å². The van der Waals surface area contributed by atoms with Gasteiger partial charge >= 0.3 is 5.97 Å². The number of fused-ring (bicyclic) bond motifs is 1. The Bertz CT molecular complexity index is 614. The zero-order chi connectivity index (χ0) is 13.1. The van der Waals surface area contributed by atoms with Crippen molar-refractivity contribution in [3.05, 3.63) is 71.8 Å². The molecule has 1 atom stereocenters. The second-order valence-electron chi connectivity index (χ2n) is 4.56. The Kier molecular flexibility index (Phi) is 3.15. The fourth-order valence-corrected chi connectivity index (χ4v) is 2.30. The smallest absolute Gasteiger partial charge is 0.319 e. The van der Waals surface area contributed by atoms with E-state index >= 15 is 0 Å². The van der Waals surface area contributed by atoms with Crippen LogP contribution in [0.15, 0.2) is 60.7 Å². The van der Waals surface area contributed by atoms with Gasteiger partial charge in [-0.05, 0) is 18.1 Å². The maximum Gasteiger partial charge on any atom is 0.319 e. The van der Waals surface area contributed by atoms with Crippen LogP contribution in [0.5, 0.6) is 5.75 Å². The number of rotatable bonds is 3. The first-order valence-electron chi connectivity index (χ1n) is 6.37. The summed E-state index contributed by atoms with van der Waals surface area (Å²) >= 11 is 0. The normalized spacial score (nSPS) is 17.5. The molecular formula is C17H14O2. The fraction of sp³-hybridized carbons (Fsp3) is 0.118. The topological polar surface area (TPSA) is 26.3 Å². The van der Waals surface area contributed by atoms with Crippen molar-refractivity contribution in [1.29, 1.82) is 0 Å². The molecule has 2 aromatic rings. The number of hydrogen-bond acceptors (Lipinski definition) is 2. The lowest BCUT2D eigenvalue weighted by atomic mass is 9.97. The summed E-state index contributed by atoms with van der Waals surface area (Å²) in [5, 5.41) is 0. The van der Waals surface area contributed by atoms with Crippen LogP contribution in [-0.2, 0) is 4.79 Å². The summed E-state index contributed by atoms with van der Waals surface area (Å²) < 4.78 is 5.25. The molecular weight excluding hydrogens is 236 g/mol. The molecule has 1 aliphatic heterocycles. The molecule has 1 heterocycles. The molecule has 19 heavy (non-hydrogen) atoms. The molecule has 0 amide bonds. The molecule has 0 fully saturated rings. The van der Waals surface area contributed by atoms with Crippen molar-refractivity contribution in [2.24, 2.45) is 0 Å². The third-order valence-corrected chi connectivity index (χ3v) is 3.27. The molecule has 2 heteroatoms. The SMILES string of the molecule is O=C1Oc2ccccc2C1CC=Cc1ccccc1. The molecule has 0 radical (unpaired) electrons. The largest absolute Gasteiger partial charge is 0.426 e. The van der Waals surface area contributed by atoms with Crippen LogP contribution in [0.1, 0.15) is 23.5 Å². The molecule has 0 saturated heterocycles. The van der Waals surface area contributed by atoms with E-state index in [1.807, 2.05) is 66.7 Å². The van der Waals surface area contributed by atoms with Gasteiger partial charge in [-0.3, -0.25) is 4.79 Å². The number of esters is 1. The molecule has 94 valence electrons. The van der Waals surface area contributed by atoms with E-state index in [4.69, 9.17) is 4.74 Å². The van der Waals surface area contributed by atoms with Crippen LogP contribution in [-0.4, -0.2) is 5.97 Å². The van der Waals surface area contributed by atoms with Crippen LogP contribution >= 0.6 is 0 Å². The summed E-state index contributed by atoms with van der Waals surface area (Å²) in [6.07, 6.45) is 4.74. The lowest BCUT2D eigenvalue weighted by Crippen LogP contribution is -2.09. The zero-order valence-electron chi connectivity index (χ0n) is 10.5. The van der Waals surface area contributed by atoms with Crippen molar-refractivity contribution in [3.63, 3.8) is 0 Å². The minimum atomic E-state index is -0.170. The summed E-state index contributed by atoms with van der Waals surface area (Å²) in [6.45, 7) is 0. The highest BCUT2D eigenvalue weighted by atomic mass is 16.5. The van der Waals surface area contributed by atoms with Gasteiger partial charge in [0.15, 0.2) is 0 Å². The Labute approximate surface area is 112 Å². The van der Waals surface area contributed by atoms with Crippen molar-refractivity contribution < 1.29 is 9.53 Å². The highest BCUT2D eigenvalue weighted by Crippen LogP contribution is 2.36. The number of carbonyl (C=O) groups is 1. The van der Waals surface area contributed by atoms with Gasteiger partial charge in [0.05, 0.1) is 5.92 Å². The van der Waals surface area contributed by atoms with Crippen LogP contribution in [0.3, 0.4) is 0 Å². The number of benzene rings is 2. The Morgan fingerprint density at radius 3 is 2.58 bits per heavy atom. The van der Waals surface area contributed by atoms with Gasteiger partial charge < -0.3 is 4.74 Å². The summed E-state index contributed by atoms with van der Waals surface area (Å²) in [6, 6.07) is 17.7. The highest BCUT2D eigenvalue weighted by molar-refractivity contribution is 5.86. The summed E-state index contributed by atoms with van der Waals surface area (Å²) in [7, 11) is 0. The first-order valence-corrected chi connectivity index (χ1v) is 6.37. The Morgan fingerprint density at radius 2 is 1.74 bits per heavy atom. The van der Waals surface area contributed by atoms with Gasteiger partial charge in [-0.2, -0.15) is 0 Å². The van der Waals surface area contributed by atoms with E-state index < -0.39 is 0 Å². The van der Waals surface area contributed by atoms with Gasteiger partial charge in [-0.1, -0.05) is 60.7 Å². The zero-order valence-corrected chi connectivity index (χ0v) is 10.5. The van der Waals surface area contributed by atoms with Crippen molar-refractivity contribution >= 4 is 12.0 Å². The second kappa shape index (κ2) is 5.11. The van der Waals surface area contributed by atoms with Crippen LogP contribution < -0.4 is 4.74 Å². The molecule has 0 aliphatic carbocycles. The van der Waals surface area contributed by atoms with E-state index in [2.05, 4.69) is 0 Å². The fourth-order valence-electron chi connectivity index (χ4n) is 2.30. The molecule has 2 aromatic carbocycles. The number of carbonyl (C=O) groups excluding carboxylic acids is 1. The van der Waals surface area contributed by atoms with Crippen molar-refractivity contribution in [1.82, 2.24) is 0 Å². The van der Waals surface area contributed by atoms with Gasteiger partial charge in [0.25, 0.3) is 0 Å². The number of ether oxygens (including phenoxy) is 1. The molecule has 3 rings (SSSR count). The van der Waals surface area contributed by atoms with E-state index in [-0.39, 0.29) is 11.9 Å². The average Bonchev–Trinajstić information content (AvgIpc) is 2.76. The monoisotopic (exact) mass is 250 g/mol. The van der Waals surface area contributed by atoms with E-state index in [1.54, 1.807) is 0 Å². The Balaban J connectivity index is 1.74. The van der Waals surface area contributed by atoms with Crippen LogP contribution in [0.2, 0.25) is 0 Å². The molecule has 0 spiro atoms. The average molecular weight is 250 g/mol. The molecule has 0 N–H and O–H groups in total. The van der Waals surface area contributed by atoms with E-state index in [0.717, 1.165) is 11.1 Å². The lowest BCUT2D eigenvalue weighted by Gasteiger charge is -2.02. The summed E-state index contributed by atoms with van der Waals surface area (Å²) in [5.41, 5.74) is 2.13. The first-order chi connectivity index (χ1) is 9.34. The maximum absolute atomic E-state index is 11.8. The van der Waals surface area contributed by atoms with Gasteiger partial charge in [0, 0.05) is 5.56 Å². The lowest BCUT2D eigenvalue weighted by molar-refractivity contribution is -0.133. The van der Waals surface area contributed by atoms with E-state index in [9.17, 15) is 4.79 Å². The van der Waals surface area contributed by atoms with Gasteiger partial charge in [0.1, 0.15) is 5.75 Å². The minimum Gasteiger partial charge on any atom is -0.426 e. The highest BCUT2D eigenvalue weighted by Gasteiger charge is 2.31. The van der Waals surface area contributed by atoms with E-state index in [1.165, 1.54) is 0 Å². The minimum absolute atomic E-state index is 0.154. The molecule has 0 bridgehead atoms. The summed E-state index contributed by atoms with van der Waals surface area (Å²) in [5.74, 6) is 0.376. The molecule has 2 nitrogen and oxygen atoms in total. The summed E-state index contributed by atoms with van der Waals surface area (Å²) in [4.78, 5) is 11.8.